The lowest BCUT2D eigenvalue weighted by Crippen LogP contribution is -2.42. The highest BCUT2D eigenvalue weighted by Gasteiger charge is 2.42. The van der Waals surface area contributed by atoms with Crippen LogP contribution in [0, 0.1) is 6.92 Å². The van der Waals surface area contributed by atoms with Gasteiger partial charge < -0.3 is 4.74 Å². The van der Waals surface area contributed by atoms with Crippen molar-refractivity contribution in [1.29, 1.82) is 0 Å². The molecule has 202 valence electrons. The molecule has 2 aromatic carbocycles. The van der Waals surface area contributed by atoms with E-state index in [-0.39, 0.29) is 22.6 Å². The molecule has 0 N–H and O–H groups in total. The molecule has 0 bridgehead atoms. The fourth-order valence-corrected chi connectivity index (χ4v) is 3.77. The number of carbonyl (C=O) groups excluding carboxylic acids is 2. The van der Waals surface area contributed by atoms with Crippen LogP contribution < -0.4 is 0 Å². The van der Waals surface area contributed by atoms with E-state index in [1.54, 1.807) is 63.2 Å². The number of amides is 1. The van der Waals surface area contributed by atoms with Crippen molar-refractivity contribution in [2.75, 3.05) is 0 Å². The van der Waals surface area contributed by atoms with Crippen LogP contribution in [0.3, 0.4) is 0 Å². The van der Waals surface area contributed by atoms with Gasteiger partial charge in [0.2, 0.25) is 0 Å². The van der Waals surface area contributed by atoms with E-state index < -0.39 is 42.2 Å². The second-order valence-corrected chi connectivity index (χ2v) is 9.98. The molecule has 0 aliphatic heterocycles. The van der Waals surface area contributed by atoms with Gasteiger partial charge in [-0.15, -0.1) is 13.2 Å². The number of nitrogens with zero attached hydrogens (tertiary/aromatic N) is 2. The van der Waals surface area contributed by atoms with Gasteiger partial charge in [-0.2, -0.15) is 0 Å². The molecule has 0 saturated heterocycles. The van der Waals surface area contributed by atoms with Gasteiger partial charge in [0, 0.05) is 5.69 Å². The Balaban J connectivity index is 1.72. The Morgan fingerprint density at radius 2 is 1.58 bits per heavy atom. The third kappa shape index (κ3) is 8.13. The highest BCUT2D eigenvalue weighted by atomic mass is 19.4. The summed E-state index contributed by atoms with van der Waals surface area (Å²) in [6, 6.07) is 16.9. The molecule has 5 nitrogen and oxygen atoms in total. The van der Waals surface area contributed by atoms with Gasteiger partial charge in [-0.3, -0.25) is 4.79 Å². The van der Waals surface area contributed by atoms with Crippen LogP contribution in [0.15, 0.2) is 66.7 Å². The Bertz CT molecular complexity index is 1250. The first kappa shape index (κ1) is 28.8. The van der Waals surface area contributed by atoms with Gasteiger partial charge in [0.25, 0.3) is 5.91 Å². The molecule has 1 amide bonds. The van der Waals surface area contributed by atoms with Crippen molar-refractivity contribution in [2.24, 2.45) is 0 Å². The highest BCUT2D eigenvalue weighted by molar-refractivity contribution is 5.92. The summed E-state index contributed by atoms with van der Waals surface area (Å²) < 4.78 is 61.7. The van der Waals surface area contributed by atoms with Crippen LogP contribution in [-0.4, -0.2) is 33.7 Å². The molecule has 3 aromatic rings. The summed E-state index contributed by atoms with van der Waals surface area (Å²) >= 11 is 0. The second kappa shape index (κ2) is 11.8. The largest absolute Gasteiger partial charge is 0.487 e. The van der Waals surface area contributed by atoms with Gasteiger partial charge in [0.1, 0.15) is 17.5 Å². The van der Waals surface area contributed by atoms with Crippen LogP contribution in [0.4, 0.5) is 17.6 Å². The lowest BCUT2D eigenvalue weighted by atomic mass is 10.0. The summed E-state index contributed by atoms with van der Waals surface area (Å²) in [5, 5.41) is 0. The zero-order chi connectivity index (χ0) is 28.1. The van der Waals surface area contributed by atoms with Crippen LogP contribution in [0.25, 0.3) is 0 Å². The molecule has 1 atom stereocenters. The number of hydrogen-bond acceptors (Lipinski definition) is 4. The van der Waals surface area contributed by atoms with Gasteiger partial charge >= 0.3 is 12.3 Å². The maximum atomic E-state index is 15.2. The topological polar surface area (TPSA) is 59.5 Å². The molecule has 0 radical (unpaired) electrons. The van der Waals surface area contributed by atoms with Gasteiger partial charge in [0.15, 0.2) is 0 Å². The lowest BCUT2D eigenvalue weighted by molar-refractivity contribution is -0.228. The summed E-state index contributed by atoms with van der Waals surface area (Å²) in [6.07, 6.45) is -6.15. The van der Waals surface area contributed by atoms with Crippen molar-refractivity contribution in [2.45, 2.75) is 65.2 Å². The Morgan fingerprint density at radius 1 is 0.947 bits per heavy atom. The van der Waals surface area contributed by atoms with Crippen molar-refractivity contribution in [3.63, 3.8) is 0 Å². The number of ether oxygens (including phenoxy) is 1. The molecular formula is C29H30F4N2O3. The maximum Gasteiger partial charge on any atom is 0.487 e. The average Bonchev–Trinajstić information content (AvgIpc) is 2.84. The van der Waals surface area contributed by atoms with E-state index in [0.29, 0.717) is 17.5 Å². The number of rotatable bonds is 8. The molecule has 9 heteroatoms. The Labute approximate surface area is 219 Å². The first-order chi connectivity index (χ1) is 17.7. The third-order valence-corrected chi connectivity index (χ3v) is 5.57. The van der Waals surface area contributed by atoms with Crippen molar-refractivity contribution in [3.05, 3.63) is 100 Å². The minimum atomic E-state index is -4.95. The molecule has 0 saturated carbocycles. The first-order valence-corrected chi connectivity index (χ1v) is 12.1. The quantitative estimate of drug-likeness (QED) is 0.176. The molecule has 0 spiro atoms. The fourth-order valence-electron chi connectivity index (χ4n) is 3.77. The number of pyridine rings is 1. The summed E-state index contributed by atoms with van der Waals surface area (Å²) in [4.78, 5) is 28.8. The number of esters is 1. The van der Waals surface area contributed by atoms with E-state index in [2.05, 4.69) is 4.98 Å². The average molecular weight is 531 g/mol. The number of carbonyl (C=O) groups is 2. The molecule has 1 heterocycles. The Kier molecular flexibility index (Phi) is 8.91. The molecular weight excluding hydrogens is 500 g/mol. The first-order valence-electron chi connectivity index (χ1n) is 12.1. The summed E-state index contributed by atoms with van der Waals surface area (Å²) in [6.45, 7) is 6.11. The molecule has 3 rings (SSSR count). The summed E-state index contributed by atoms with van der Waals surface area (Å²) in [5.74, 6) is -1.81. The zero-order valence-electron chi connectivity index (χ0n) is 21.7. The van der Waals surface area contributed by atoms with E-state index in [0.717, 1.165) is 11.6 Å². The number of hydrogen-bond donors (Lipinski definition) is 0. The van der Waals surface area contributed by atoms with Gasteiger partial charge in [0.05, 0.1) is 12.1 Å². The minimum Gasteiger partial charge on any atom is -0.456 e. The number of aromatic nitrogens is 1. The smallest absolute Gasteiger partial charge is 0.456 e. The fraction of sp³-hybridized carbons (Fsp3) is 0.345. The maximum absolute atomic E-state index is 15.2. The van der Waals surface area contributed by atoms with Crippen LogP contribution in [0.5, 0.6) is 0 Å². The van der Waals surface area contributed by atoms with E-state index in [9.17, 15) is 22.8 Å². The van der Waals surface area contributed by atoms with Gasteiger partial charge in [-0.1, -0.05) is 42.5 Å². The summed E-state index contributed by atoms with van der Waals surface area (Å²) in [7, 11) is 0. The Morgan fingerprint density at radius 3 is 2.16 bits per heavy atom. The number of alkyl halides is 4. The van der Waals surface area contributed by atoms with Crippen molar-refractivity contribution >= 4 is 11.9 Å². The minimum absolute atomic E-state index is 0.0237. The van der Waals surface area contributed by atoms with E-state index in [1.165, 1.54) is 25.1 Å². The van der Waals surface area contributed by atoms with Crippen LogP contribution >= 0.6 is 0 Å². The van der Waals surface area contributed by atoms with Crippen LogP contribution in [0.2, 0.25) is 0 Å². The SMILES string of the molecule is Cc1cc(C(F)CCc2ccc(C(=O)OC(C)(C)C)cc2)cc(C(=O)N(Cc2ccccc2)C(F)(F)F)n1. The van der Waals surface area contributed by atoms with E-state index >= 15 is 4.39 Å². The van der Waals surface area contributed by atoms with Crippen molar-refractivity contribution in [3.8, 4) is 0 Å². The molecule has 0 aliphatic carbocycles. The highest BCUT2D eigenvalue weighted by Crippen LogP contribution is 2.29. The number of aryl methyl sites for hydroxylation is 2. The molecule has 1 unspecified atom stereocenters. The van der Waals surface area contributed by atoms with Crippen molar-refractivity contribution in [1.82, 2.24) is 9.88 Å². The molecule has 1 aromatic heterocycles. The standard InChI is InChI=1S/C29H30F4N2O3/c1-19-16-23(24(30)15-12-20-10-13-22(14-11-20)27(37)38-28(2,3)4)17-25(34-19)26(36)35(29(31,32)33)18-21-8-6-5-7-9-21/h5-11,13-14,16-17,24H,12,15,18H2,1-4H3. The molecule has 0 fully saturated rings. The van der Waals surface area contributed by atoms with E-state index in [1.807, 2.05) is 0 Å². The normalized spacial score (nSPS) is 12.6. The lowest BCUT2D eigenvalue weighted by Gasteiger charge is -2.25. The predicted molar refractivity (Wildman–Crippen MR) is 135 cm³/mol. The number of benzene rings is 2. The molecule has 38 heavy (non-hydrogen) atoms. The van der Waals surface area contributed by atoms with Crippen molar-refractivity contribution < 1.29 is 31.9 Å². The Hall–Kier alpha value is -3.75. The second-order valence-electron chi connectivity index (χ2n) is 9.98. The predicted octanol–water partition coefficient (Wildman–Crippen LogP) is 7.15. The number of halogens is 4. The third-order valence-electron chi connectivity index (χ3n) is 5.57. The zero-order valence-corrected chi connectivity index (χ0v) is 21.7. The van der Waals surface area contributed by atoms with E-state index in [4.69, 9.17) is 4.74 Å². The van der Waals surface area contributed by atoms with Gasteiger partial charge in [-0.25, -0.2) is 19.1 Å². The monoisotopic (exact) mass is 530 g/mol. The van der Waals surface area contributed by atoms with Gasteiger partial charge in [-0.05, 0) is 81.5 Å². The summed E-state index contributed by atoms with van der Waals surface area (Å²) in [5.41, 5.74) is 0.653. The van der Waals surface area contributed by atoms with Crippen LogP contribution in [-0.2, 0) is 17.7 Å². The molecule has 0 aliphatic rings. The van der Waals surface area contributed by atoms with Crippen LogP contribution in [0.1, 0.15) is 76.6 Å².